The molecule has 3 amide bonds. The fourth-order valence-electron chi connectivity index (χ4n) is 5.07. The van der Waals surface area contributed by atoms with Gasteiger partial charge < -0.3 is 15.5 Å². The van der Waals surface area contributed by atoms with Crippen LogP contribution in [0.15, 0.2) is 18.2 Å². The van der Waals surface area contributed by atoms with Gasteiger partial charge in [0.2, 0.25) is 11.8 Å². The summed E-state index contributed by atoms with van der Waals surface area (Å²) in [7, 11) is 0. The Morgan fingerprint density at radius 1 is 1.19 bits per heavy atom. The van der Waals surface area contributed by atoms with Crippen molar-refractivity contribution < 1.29 is 14.4 Å². The van der Waals surface area contributed by atoms with Gasteiger partial charge in [-0.15, -0.1) is 0 Å². The Morgan fingerprint density at radius 3 is 2.81 bits per heavy atom. The zero-order chi connectivity index (χ0) is 18.5. The van der Waals surface area contributed by atoms with Crippen molar-refractivity contribution in [2.75, 3.05) is 6.54 Å². The lowest BCUT2D eigenvalue weighted by Gasteiger charge is -2.29. The van der Waals surface area contributed by atoms with E-state index in [1.54, 1.807) is 4.90 Å². The van der Waals surface area contributed by atoms with E-state index >= 15 is 0 Å². The van der Waals surface area contributed by atoms with Crippen LogP contribution < -0.4 is 16.0 Å². The maximum Gasteiger partial charge on any atom is 0.255 e. The largest absolute Gasteiger partial charge is 0.322 e. The van der Waals surface area contributed by atoms with E-state index in [0.717, 1.165) is 30.1 Å². The molecule has 1 aromatic carbocycles. The lowest BCUT2D eigenvalue weighted by molar-refractivity contribution is -0.136. The monoisotopic (exact) mass is 368 g/mol. The molecule has 27 heavy (non-hydrogen) atoms. The second-order valence-electron chi connectivity index (χ2n) is 8.23. The molecule has 1 aliphatic carbocycles. The second-order valence-corrected chi connectivity index (χ2v) is 8.23. The molecule has 142 valence electrons. The molecule has 1 unspecified atom stereocenters. The zero-order valence-corrected chi connectivity index (χ0v) is 15.2. The molecule has 3 aliphatic heterocycles. The van der Waals surface area contributed by atoms with Gasteiger partial charge in [-0.05, 0) is 48.9 Å². The van der Waals surface area contributed by atoms with Gasteiger partial charge in [-0.3, -0.25) is 19.7 Å². The number of hydrogen-bond acceptors (Lipinski definition) is 5. The summed E-state index contributed by atoms with van der Waals surface area (Å²) in [5.74, 6) is 0.0745. The molecule has 0 aromatic heterocycles. The third-order valence-corrected chi connectivity index (χ3v) is 6.49. The number of carbonyl (C=O) groups excluding carboxylic acids is 3. The van der Waals surface area contributed by atoms with Gasteiger partial charge in [0.25, 0.3) is 5.91 Å². The van der Waals surface area contributed by atoms with Crippen LogP contribution in [0.1, 0.15) is 47.2 Å². The highest BCUT2D eigenvalue weighted by Crippen LogP contribution is 2.32. The van der Waals surface area contributed by atoms with Crippen LogP contribution in [0.4, 0.5) is 0 Å². The Hall–Kier alpha value is -2.25. The topological polar surface area (TPSA) is 90.5 Å². The molecule has 4 atom stereocenters. The Bertz CT molecular complexity index is 823. The second kappa shape index (κ2) is 6.42. The third kappa shape index (κ3) is 2.95. The molecular formula is C20H24N4O3. The normalized spacial score (nSPS) is 32.1. The third-order valence-electron chi connectivity index (χ3n) is 6.49. The summed E-state index contributed by atoms with van der Waals surface area (Å²) >= 11 is 0. The molecule has 7 nitrogen and oxygen atoms in total. The number of hydrogen-bond donors (Lipinski definition) is 3. The Labute approximate surface area is 157 Å². The van der Waals surface area contributed by atoms with E-state index in [9.17, 15) is 14.4 Å². The van der Waals surface area contributed by atoms with Crippen LogP contribution in [0.5, 0.6) is 0 Å². The zero-order valence-electron chi connectivity index (χ0n) is 15.2. The van der Waals surface area contributed by atoms with E-state index in [1.807, 2.05) is 12.1 Å². The van der Waals surface area contributed by atoms with Crippen molar-refractivity contribution in [1.82, 2.24) is 20.9 Å². The minimum absolute atomic E-state index is 0.115. The fourth-order valence-corrected chi connectivity index (χ4v) is 5.07. The quantitative estimate of drug-likeness (QED) is 0.665. The Morgan fingerprint density at radius 2 is 2.07 bits per heavy atom. The first kappa shape index (κ1) is 16.9. The molecule has 1 aromatic rings. The standard InChI is InChI=1S/C20H24N4O3/c25-18-4-3-17(19(26)23-18)24-10-13-5-11(1-2-14(13)20(24)27)8-21-15-6-12-7-16(15)22-9-12/h1-2,5,12,15-17,21-22H,3-4,6-10H2,(H,23,25,26)/t12-,15+,16-,17?/m0/s1. The smallest absolute Gasteiger partial charge is 0.255 e. The van der Waals surface area contributed by atoms with Gasteiger partial charge in [-0.2, -0.15) is 0 Å². The molecule has 3 N–H and O–H groups in total. The van der Waals surface area contributed by atoms with Gasteiger partial charge in [0.15, 0.2) is 0 Å². The molecule has 0 spiro atoms. The average Bonchev–Trinajstić information content (AvgIpc) is 3.35. The van der Waals surface area contributed by atoms with E-state index in [1.165, 1.54) is 12.8 Å². The van der Waals surface area contributed by atoms with E-state index < -0.39 is 6.04 Å². The predicted molar refractivity (Wildman–Crippen MR) is 97.6 cm³/mol. The summed E-state index contributed by atoms with van der Waals surface area (Å²) in [4.78, 5) is 37.8. The Kier molecular flexibility index (Phi) is 4.02. The van der Waals surface area contributed by atoms with Crippen molar-refractivity contribution in [2.45, 2.75) is 56.9 Å². The molecule has 4 aliphatic rings. The number of carbonyl (C=O) groups is 3. The van der Waals surface area contributed by atoms with E-state index in [0.29, 0.717) is 30.6 Å². The fraction of sp³-hybridized carbons (Fsp3) is 0.550. The van der Waals surface area contributed by atoms with Gasteiger partial charge in [-0.25, -0.2) is 0 Å². The van der Waals surface area contributed by atoms with Crippen LogP contribution in [-0.4, -0.2) is 47.3 Å². The summed E-state index contributed by atoms with van der Waals surface area (Å²) in [6.45, 7) is 2.37. The first-order chi connectivity index (χ1) is 13.1. The minimum atomic E-state index is -0.552. The van der Waals surface area contributed by atoms with Crippen molar-refractivity contribution in [3.8, 4) is 0 Å². The maximum atomic E-state index is 12.7. The van der Waals surface area contributed by atoms with Gasteiger partial charge in [0, 0.05) is 37.2 Å². The number of imide groups is 1. The molecular weight excluding hydrogens is 344 g/mol. The van der Waals surface area contributed by atoms with Gasteiger partial charge in [-0.1, -0.05) is 12.1 Å². The van der Waals surface area contributed by atoms with Crippen LogP contribution in [0.3, 0.4) is 0 Å². The van der Waals surface area contributed by atoms with Crippen molar-refractivity contribution >= 4 is 17.7 Å². The van der Waals surface area contributed by atoms with Crippen LogP contribution in [-0.2, 0) is 22.7 Å². The molecule has 3 heterocycles. The number of nitrogens with one attached hydrogen (secondary N) is 3. The van der Waals surface area contributed by atoms with E-state index in [-0.39, 0.29) is 24.1 Å². The van der Waals surface area contributed by atoms with Gasteiger partial charge >= 0.3 is 0 Å². The number of piperidine rings is 2. The van der Waals surface area contributed by atoms with Crippen LogP contribution in [0.25, 0.3) is 0 Å². The highest BCUT2D eigenvalue weighted by Gasteiger charge is 2.40. The molecule has 2 bridgehead atoms. The lowest BCUT2D eigenvalue weighted by Crippen LogP contribution is -2.52. The SMILES string of the molecule is O=C1CCC(N2Cc3cc(CN[C@@H]4C[C@@H]5CN[C@H]4C5)ccc3C2=O)C(=O)N1. The van der Waals surface area contributed by atoms with Gasteiger partial charge in [0.1, 0.15) is 6.04 Å². The van der Waals surface area contributed by atoms with Crippen molar-refractivity contribution in [3.63, 3.8) is 0 Å². The first-order valence-corrected chi connectivity index (χ1v) is 9.82. The average molecular weight is 368 g/mol. The summed E-state index contributed by atoms with van der Waals surface area (Å²) in [5, 5.41) is 9.56. The number of nitrogens with zero attached hydrogens (tertiary/aromatic N) is 1. The van der Waals surface area contributed by atoms with E-state index in [2.05, 4.69) is 22.0 Å². The van der Waals surface area contributed by atoms with Crippen molar-refractivity contribution in [1.29, 1.82) is 0 Å². The predicted octanol–water partition coefficient (Wildman–Crippen LogP) is 0.288. The summed E-state index contributed by atoms with van der Waals surface area (Å²) in [6, 6.07) is 6.52. The lowest BCUT2D eigenvalue weighted by atomic mass is 10.0. The van der Waals surface area contributed by atoms with Crippen LogP contribution >= 0.6 is 0 Å². The maximum absolute atomic E-state index is 12.7. The van der Waals surface area contributed by atoms with Crippen molar-refractivity contribution in [2.24, 2.45) is 5.92 Å². The molecule has 3 fully saturated rings. The summed E-state index contributed by atoms with van der Waals surface area (Å²) < 4.78 is 0. The highest BCUT2D eigenvalue weighted by atomic mass is 16.2. The van der Waals surface area contributed by atoms with Crippen LogP contribution in [0.2, 0.25) is 0 Å². The Balaban J connectivity index is 1.26. The van der Waals surface area contributed by atoms with E-state index in [4.69, 9.17) is 0 Å². The first-order valence-electron chi connectivity index (χ1n) is 9.82. The molecule has 2 saturated heterocycles. The highest BCUT2D eigenvalue weighted by molar-refractivity contribution is 6.05. The molecule has 0 radical (unpaired) electrons. The number of benzene rings is 1. The molecule has 5 rings (SSSR count). The van der Waals surface area contributed by atoms with Crippen LogP contribution in [0, 0.1) is 5.92 Å². The number of fused-ring (bicyclic) bond motifs is 3. The summed E-state index contributed by atoms with van der Waals surface area (Å²) in [6.07, 6.45) is 3.20. The van der Waals surface area contributed by atoms with Gasteiger partial charge in [0.05, 0.1) is 0 Å². The number of amides is 3. The molecule has 1 saturated carbocycles. The molecule has 7 heteroatoms. The van der Waals surface area contributed by atoms with Crippen molar-refractivity contribution in [3.05, 3.63) is 34.9 Å². The number of rotatable bonds is 4. The minimum Gasteiger partial charge on any atom is -0.322 e. The summed E-state index contributed by atoms with van der Waals surface area (Å²) in [5.41, 5.74) is 2.80.